The van der Waals surface area contributed by atoms with Crippen LogP contribution in [-0.4, -0.2) is 6.61 Å². The van der Waals surface area contributed by atoms with E-state index in [1.165, 1.54) is 6.07 Å². The van der Waals surface area contributed by atoms with Gasteiger partial charge < -0.3 is 4.74 Å². The van der Waals surface area contributed by atoms with Crippen molar-refractivity contribution in [3.8, 4) is 5.75 Å². The first-order chi connectivity index (χ1) is 16.8. The first-order valence-electron chi connectivity index (χ1n) is 11.5. The summed E-state index contributed by atoms with van der Waals surface area (Å²) in [6, 6.07) is 18.2. The van der Waals surface area contributed by atoms with Crippen molar-refractivity contribution in [1.29, 1.82) is 0 Å². The molecular formula is C29H25F5O. The summed E-state index contributed by atoms with van der Waals surface area (Å²) in [6.07, 6.45) is 2.65. The fourth-order valence-electron chi connectivity index (χ4n) is 4.20. The molecule has 4 aromatic carbocycles. The number of aryl methyl sites for hydroxylation is 5. The highest BCUT2D eigenvalue weighted by Crippen LogP contribution is 2.26. The fourth-order valence-corrected chi connectivity index (χ4v) is 4.20. The Hall–Kier alpha value is -3.41. The fraction of sp³-hybridized carbons (Fsp3) is 0.241. The summed E-state index contributed by atoms with van der Waals surface area (Å²) >= 11 is 0. The van der Waals surface area contributed by atoms with Gasteiger partial charge in [-0.2, -0.15) is 8.78 Å². The summed E-state index contributed by atoms with van der Waals surface area (Å²) in [6.45, 7) is -1.12. The van der Waals surface area contributed by atoms with Crippen LogP contribution in [0.5, 0.6) is 5.75 Å². The molecule has 0 fully saturated rings. The van der Waals surface area contributed by atoms with Crippen molar-refractivity contribution >= 4 is 10.8 Å². The maximum Gasteiger partial charge on any atom is 0.387 e. The summed E-state index contributed by atoms with van der Waals surface area (Å²) in [7, 11) is 0. The molecule has 0 bridgehead atoms. The molecule has 0 saturated carbocycles. The molecule has 1 nitrogen and oxygen atoms in total. The van der Waals surface area contributed by atoms with Gasteiger partial charge in [0.15, 0.2) is 11.6 Å². The summed E-state index contributed by atoms with van der Waals surface area (Å²) < 4.78 is 72.0. The highest BCUT2D eigenvalue weighted by Gasteiger charge is 2.12. The van der Waals surface area contributed by atoms with Gasteiger partial charge in [0.05, 0.1) is 0 Å². The molecule has 0 aliphatic heterocycles. The summed E-state index contributed by atoms with van der Waals surface area (Å²) in [5.41, 5.74) is 3.65. The summed E-state index contributed by atoms with van der Waals surface area (Å²) in [5.74, 6) is -1.93. The lowest BCUT2D eigenvalue weighted by Crippen LogP contribution is -2.04. The molecule has 0 aromatic heterocycles. The molecule has 6 heteroatoms. The van der Waals surface area contributed by atoms with Crippen molar-refractivity contribution in [2.75, 3.05) is 0 Å². The van der Waals surface area contributed by atoms with E-state index in [0.717, 1.165) is 35.1 Å². The molecule has 0 spiro atoms. The molecule has 0 N–H and O–H groups in total. The molecule has 0 amide bonds. The Morgan fingerprint density at radius 1 is 0.657 bits per heavy atom. The smallest absolute Gasteiger partial charge is 0.387 e. The van der Waals surface area contributed by atoms with Crippen molar-refractivity contribution in [3.05, 3.63) is 112 Å². The van der Waals surface area contributed by atoms with E-state index in [4.69, 9.17) is 0 Å². The lowest BCUT2D eigenvalue weighted by atomic mass is 9.97. The van der Waals surface area contributed by atoms with E-state index in [0.29, 0.717) is 47.8 Å². The highest BCUT2D eigenvalue weighted by atomic mass is 19.3. The molecular weight excluding hydrogens is 459 g/mol. The minimum Gasteiger partial charge on any atom is -0.432 e. The molecule has 35 heavy (non-hydrogen) atoms. The molecule has 0 aliphatic carbocycles. The van der Waals surface area contributed by atoms with Crippen molar-refractivity contribution in [2.45, 2.75) is 45.6 Å². The molecule has 0 radical (unpaired) electrons. The van der Waals surface area contributed by atoms with Gasteiger partial charge in [0.2, 0.25) is 0 Å². The normalized spacial score (nSPS) is 11.4. The van der Waals surface area contributed by atoms with Gasteiger partial charge >= 0.3 is 6.61 Å². The van der Waals surface area contributed by atoms with E-state index in [9.17, 15) is 17.6 Å². The quantitative estimate of drug-likeness (QED) is 0.219. The van der Waals surface area contributed by atoms with E-state index < -0.39 is 18.2 Å². The second-order valence-corrected chi connectivity index (χ2v) is 8.52. The van der Waals surface area contributed by atoms with Gasteiger partial charge in [0.25, 0.3) is 0 Å². The van der Waals surface area contributed by atoms with Crippen LogP contribution in [0, 0.1) is 17.5 Å². The molecule has 182 valence electrons. The Morgan fingerprint density at radius 3 is 1.97 bits per heavy atom. The summed E-state index contributed by atoms with van der Waals surface area (Å²) in [5, 5.41) is 1.24. The Balaban J connectivity index is 1.44. The van der Waals surface area contributed by atoms with Crippen LogP contribution in [0.3, 0.4) is 0 Å². The Morgan fingerprint density at radius 2 is 1.29 bits per heavy atom. The minimum atomic E-state index is -3.10. The zero-order valence-corrected chi connectivity index (χ0v) is 19.3. The van der Waals surface area contributed by atoms with Gasteiger partial charge in [-0.3, -0.25) is 0 Å². The van der Waals surface area contributed by atoms with Crippen molar-refractivity contribution in [3.63, 3.8) is 0 Å². The van der Waals surface area contributed by atoms with Crippen LogP contribution in [0.4, 0.5) is 22.0 Å². The van der Waals surface area contributed by atoms with Gasteiger partial charge in [-0.15, -0.1) is 0 Å². The Kier molecular flexibility index (Phi) is 7.69. The van der Waals surface area contributed by atoms with Crippen molar-refractivity contribution in [2.24, 2.45) is 0 Å². The second kappa shape index (κ2) is 10.9. The van der Waals surface area contributed by atoms with Gasteiger partial charge in [0.1, 0.15) is 11.6 Å². The number of ether oxygens (including phenoxy) is 1. The first-order valence-corrected chi connectivity index (χ1v) is 11.5. The molecule has 4 rings (SSSR count). The third-order valence-corrected chi connectivity index (χ3v) is 6.20. The van der Waals surface area contributed by atoms with Crippen LogP contribution < -0.4 is 4.74 Å². The third kappa shape index (κ3) is 5.99. The van der Waals surface area contributed by atoms with Gasteiger partial charge in [-0.1, -0.05) is 55.5 Å². The first kappa shape index (κ1) is 24.7. The highest BCUT2D eigenvalue weighted by molar-refractivity contribution is 5.84. The maximum atomic E-state index is 15.1. The van der Waals surface area contributed by atoms with Crippen LogP contribution in [0.15, 0.2) is 66.7 Å². The molecule has 0 heterocycles. The average molecular weight is 485 g/mol. The summed E-state index contributed by atoms with van der Waals surface area (Å²) in [4.78, 5) is 0. The Bertz CT molecular complexity index is 1330. The maximum absolute atomic E-state index is 15.1. The largest absolute Gasteiger partial charge is 0.432 e. The lowest BCUT2D eigenvalue weighted by molar-refractivity contribution is -0.0522. The van der Waals surface area contributed by atoms with Crippen LogP contribution in [0.1, 0.15) is 34.7 Å². The van der Waals surface area contributed by atoms with E-state index in [2.05, 4.69) is 4.74 Å². The number of hydrogen-bond donors (Lipinski definition) is 0. The van der Waals surface area contributed by atoms with Crippen molar-refractivity contribution in [1.82, 2.24) is 0 Å². The van der Waals surface area contributed by atoms with Crippen LogP contribution >= 0.6 is 0 Å². The molecule has 4 aromatic rings. The number of halogens is 5. The average Bonchev–Trinajstić information content (AvgIpc) is 2.84. The Labute approximate surface area is 201 Å². The predicted octanol–water partition coefficient (Wildman–Crippen LogP) is 7.99. The standard InChI is InChI=1S/C29H25F5O/c1-2-18-3-8-21(25(30)16-18)9-4-19-6-13-24-23(15-19)12-11-22(28(24)32)10-5-20-7-14-27(26(31)17-20)35-29(33)34/h3,6-8,11-17,29H,2,4-5,9-10H2,1H3. The van der Waals surface area contributed by atoms with Gasteiger partial charge in [0, 0.05) is 5.39 Å². The predicted molar refractivity (Wildman–Crippen MR) is 128 cm³/mol. The molecule has 0 saturated heterocycles. The second-order valence-electron chi connectivity index (χ2n) is 8.52. The van der Waals surface area contributed by atoms with Crippen LogP contribution in [0.25, 0.3) is 10.8 Å². The molecule has 0 unspecified atom stereocenters. The number of alkyl halides is 2. The number of hydrogen-bond acceptors (Lipinski definition) is 1. The van der Waals surface area contributed by atoms with E-state index in [1.54, 1.807) is 18.2 Å². The number of fused-ring (bicyclic) bond motifs is 1. The van der Waals surface area contributed by atoms with Gasteiger partial charge in [-0.25, -0.2) is 13.2 Å². The zero-order chi connectivity index (χ0) is 24.9. The SMILES string of the molecule is CCc1ccc(CCc2ccc3c(F)c(CCc4ccc(OC(F)F)c(F)c4)ccc3c2)c(F)c1. The van der Waals surface area contributed by atoms with Crippen LogP contribution in [0.2, 0.25) is 0 Å². The number of rotatable bonds is 9. The minimum absolute atomic E-state index is 0.197. The van der Waals surface area contributed by atoms with E-state index in [-0.39, 0.29) is 11.6 Å². The van der Waals surface area contributed by atoms with Crippen LogP contribution in [-0.2, 0) is 32.1 Å². The zero-order valence-electron chi connectivity index (χ0n) is 19.3. The number of benzene rings is 4. The topological polar surface area (TPSA) is 9.23 Å². The third-order valence-electron chi connectivity index (χ3n) is 6.20. The monoisotopic (exact) mass is 484 g/mol. The molecule has 0 aliphatic rings. The lowest BCUT2D eigenvalue weighted by Gasteiger charge is -2.10. The van der Waals surface area contributed by atoms with E-state index in [1.807, 2.05) is 37.3 Å². The van der Waals surface area contributed by atoms with Crippen molar-refractivity contribution < 1.29 is 26.7 Å². The van der Waals surface area contributed by atoms with Gasteiger partial charge in [-0.05, 0) is 83.5 Å². The van der Waals surface area contributed by atoms with E-state index >= 15 is 4.39 Å². The molecule has 0 atom stereocenters.